The first-order chi connectivity index (χ1) is 11.2. The maximum Gasteiger partial charge on any atom is 0.303 e. The average Bonchev–Trinajstić information content (AvgIpc) is 2.53. The van der Waals surface area contributed by atoms with E-state index in [0.717, 1.165) is 6.42 Å². The molecule has 1 aromatic rings. The fourth-order valence-electron chi connectivity index (χ4n) is 4.59. The molecule has 2 N–H and O–H groups in total. The highest BCUT2D eigenvalue weighted by Gasteiger charge is 2.44. The van der Waals surface area contributed by atoms with Gasteiger partial charge in [0.15, 0.2) is 0 Å². The van der Waals surface area contributed by atoms with Gasteiger partial charge in [0, 0.05) is 18.5 Å². The van der Waals surface area contributed by atoms with Gasteiger partial charge in [-0.05, 0) is 49.5 Å². The summed E-state index contributed by atoms with van der Waals surface area (Å²) in [4.78, 5) is 10.9. The van der Waals surface area contributed by atoms with Crippen molar-refractivity contribution in [3.05, 3.63) is 35.9 Å². The van der Waals surface area contributed by atoms with Crippen LogP contribution in [0.2, 0.25) is 0 Å². The monoisotopic (exact) mass is 315 g/mol. The number of benzene rings is 1. The van der Waals surface area contributed by atoms with Gasteiger partial charge in [0.25, 0.3) is 0 Å². The normalized spacial score (nSPS) is 21.7. The molecule has 0 aliphatic heterocycles. The maximum atomic E-state index is 10.9. The van der Waals surface area contributed by atoms with Crippen LogP contribution in [-0.2, 0) is 11.2 Å². The smallest absolute Gasteiger partial charge is 0.303 e. The Morgan fingerprint density at radius 1 is 1.17 bits per heavy atom. The van der Waals surface area contributed by atoms with Gasteiger partial charge in [-0.1, -0.05) is 49.6 Å². The molecule has 1 atom stereocenters. The minimum atomic E-state index is -0.692. The Labute approximate surface area is 139 Å². The van der Waals surface area contributed by atoms with Gasteiger partial charge in [0.1, 0.15) is 0 Å². The van der Waals surface area contributed by atoms with Gasteiger partial charge in [-0.25, -0.2) is 0 Å². The van der Waals surface area contributed by atoms with Gasteiger partial charge in [-0.3, -0.25) is 4.79 Å². The second kappa shape index (κ2) is 7.48. The highest BCUT2D eigenvalue weighted by molar-refractivity contribution is 5.66. The van der Waals surface area contributed by atoms with E-state index in [9.17, 15) is 4.79 Å². The lowest BCUT2D eigenvalue weighted by Crippen LogP contribution is -2.53. The minimum absolute atomic E-state index is 0.252. The number of rotatable bonds is 7. The van der Waals surface area contributed by atoms with Gasteiger partial charge in [-0.2, -0.15) is 0 Å². The Morgan fingerprint density at radius 3 is 2.52 bits per heavy atom. The summed E-state index contributed by atoms with van der Waals surface area (Å²) < 4.78 is 0. The summed E-state index contributed by atoms with van der Waals surface area (Å²) in [7, 11) is 0. The van der Waals surface area contributed by atoms with E-state index in [1.54, 1.807) is 0 Å². The SMILES string of the molecule is O=C(O)CCC(Cc1ccccc1)NC1CC2(CCCCC2)C1. The van der Waals surface area contributed by atoms with Crippen molar-refractivity contribution in [1.29, 1.82) is 0 Å². The van der Waals surface area contributed by atoms with Crippen LogP contribution in [0, 0.1) is 5.41 Å². The Kier molecular flexibility index (Phi) is 5.37. The molecule has 0 saturated heterocycles. The van der Waals surface area contributed by atoms with Crippen molar-refractivity contribution in [3.8, 4) is 0 Å². The Hall–Kier alpha value is -1.35. The quantitative estimate of drug-likeness (QED) is 0.794. The first-order valence-corrected chi connectivity index (χ1v) is 9.17. The number of aliphatic carboxylic acids is 1. The Bertz CT molecular complexity index is 500. The number of nitrogens with one attached hydrogen (secondary N) is 1. The zero-order valence-electron chi connectivity index (χ0n) is 14.0. The summed E-state index contributed by atoms with van der Waals surface area (Å²) in [6, 6.07) is 11.3. The number of carbonyl (C=O) groups is 1. The zero-order valence-corrected chi connectivity index (χ0v) is 14.0. The number of carboxylic acid groups (broad SMARTS) is 1. The Morgan fingerprint density at radius 2 is 1.87 bits per heavy atom. The molecule has 2 fully saturated rings. The molecule has 0 amide bonds. The number of hydrogen-bond acceptors (Lipinski definition) is 2. The fraction of sp³-hybridized carbons (Fsp3) is 0.650. The van der Waals surface area contributed by atoms with Gasteiger partial charge >= 0.3 is 5.97 Å². The van der Waals surface area contributed by atoms with E-state index in [4.69, 9.17) is 5.11 Å². The molecule has 126 valence electrons. The number of carboxylic acids is 1. The van der Waals surface area contributed by atoms with Crippen LogP contribution in [-0.4, -0.2) is 23.2 Å². The second-order valence-electron chi connectivity index (χ2n) is 7.65. The van der Waals surface area contributed by atoms with Crippen LogP contribution in [0.25, 0.3) is 0 Å². The standard InChI is InChI=1S/C20H29NO2/c22-19(23)10-9-17(13-16-7-3-1-4-8-16)21-18-14-20(15-18)11-5-2-6-12-20/h1,3-4,7-8,17-18,21H,2,5-6,9-15H2,(H,22,23). The van der Waals surface area contributed by atoms with Crippen LogP contribution in [0.15, 0.2) is 30.3 Å². The molecule has 3 nitrogen and oxygen atoms in total. The summed E-state index contributed by atoms with van der Waals surface area (Å²) in [6.45, 7) is 0. The van der Waals surface area contributed by atoms with Crippen molar-refractivity contribution in [2.24, 2.45) is 5.41 Å². The summed E-state index contributed by atoms with van der Waals surface area (Å²) >= 11 is 0. The Balaban J connectivity index is 1.52. The molecule has 23 heavy (non-hydrogen) atoms. The highest BCUT2D eigenvalue weighted by Crippen LogP contribution is 2.51. The first kappa shape index (κ1) is 16.5. The maximum absolute atomic E-state index is 10.9. The lowest BCUT2D eigenvalue weighted by molar-refractivity contribution is -0.137. The molecule has 3 rings (SSSR count). The van der Waals surface area contributed by atoms with E-state index in [0.29, 0.717) is 17.9 Å². The van der Waals surface area contributed by atoms with Crippen molar-refractivity contribution in [2.45, 2.75) is 76.3 Å². The third kappa shape index (κ3) is 4.57. The summed E-state index contributed by atoms with van der Waals surface area (Å²) in [5, 5.41) is 12.8. The van der Waals surface area contributed by atoms with Gasteiger partial charge in [-0.15, -0.1) is 0 Å². The van der Waals surface area contributed by atoms with Crippen molar-refractivity contribution >= 4 is 5.97 Å². The topological polar surface area (TPSA) is 49.3 Å². The molecular formula is C20H29NO2. The third-order valence-electron chi connectivity index (χ3n) is 5.78. The molecule has 1 aromatic carbocycles. The van der Waals surface area contributed by atoms with Gasteiger partial charge in [0.05, 0.1) is 0 Å². The molecule has 0 bridgehead atoms. The molecule has 2 saturated carbocycles. The van der Waals surface area contributed by atoms with Crippen molar-refractivity contribution < 1.29 is 9.90 Å². The molecule has 1 unspecified atom stereocenters. The molecule has 1 spiro atoms. The van der Waals surface area contributed by atoms with E-state index in [-0.39, 0.29) is 12.5 Å². The third-order valence-corrected chi connectivity index (χ3v) is 5.78. The second-order valence-corrected chi connectivity index (χ2v) is 7.65. The summed E-state index contributed by atoms with van der Waals surface area (Å²) in [6.07, 6.45) is 11.5. The molecule has 0 radical (unpaired) electrons. The summed E-state index contributed by atoms with van der Waals surface area (Å²) in [5.41, 5.74) is 1.92. The first-order valence-electron chi connectivity index (χ1n) is 9.17. The van der Waals surface area contributed by atoms with E-state index in [2.05, 4.69) is 29.6 Å². The van der Waals surface area contributed by atoms with Crippen molar-refractivity contribution in [3.63, 3.8) is 0 Å². The van der Waals surface area contributed by atoms with E-state index in [1.807, 2.05) is 6.07 Å². The van der Waals surface area contributed by atoms with Gasteiger partial charge in [0.2, 0.25) is 0 Å². The van der Waals surface area contributed by atoms with Crippen LogP contribution in [0.3, 0.4) is 0 Å². The minimum Gasteiger partial charge on any atom is -0.481 e. The zero-order chi connectivity index (χ0) is 16.1. The van der Waals surface area contributed by atoms with Crippen LogP contribution in [0.1, 0.15) is 63.4 Å². The van der Waals surface area contributed by atoms with E-state index in [1.165, 1.54) is 50.5 Å². The lowest BCUT2D eigenvalue weighted by Gasteiger charge is -2.51. The lowest BCUT2D eigenvalue weighted by atomic mass is 9.58. The van der Waals surface area contributed by atoms with Crippen molar-refractivity contribution in [1.82, 2.24) is 5.32 Å². The van der Waals surface area contributed by atoms with E-state index < -0.39 is 5.97 Å². The van der Waals surface area contributed by atoms with Crippen LogP contribution in [0.4, 0.5) is 0 Å². The summed E-state index contributed by atoms with van der Waals surface area (Å²) in [5.74, 6) is -0.692. The molecular weight excluding hydrogens is 286 g/mol. The highest BCUT2D eigenvalue weighted by atomic mass is 16.4. The van der Waals surface area contributed by atoms with Crippen LogP contribution >= 0.6 is 0 Å². The molecule has 3 heteroatoms. The predicted octanol–water partition coefficient (Wildman–Crippen LogP) is 4.17. The van der Waals surface area contributed by atoms with E-state index >= 15 is 0 Å². The van der Waals surface area contributed by atoms with Crippen LogP contribution < -0.4 is 5.32 Å². The average molecular weight is 315 g/mol. The van der Waals surface area contributed by atoms with Gasteiger partial charge < -0.3 is 10.4 Å². The number of hydrogen-bond donors (Lipinski definition) is 2. The predicted molar refractivity (Wildman–Crippen MR) is 92.5 cm³/mol. The molecule has 2 aliphatic rings. The fourth-order valence-corrected chi connectivity index (χ4v) is 4.59. The largest absolute Gasteiger partial charge is 0.481 e. The molecule has 0 heterocycles. The molecule has 0 aromatic heterocycles. The van der Waals surface area contributed by atoms with Crippen LogP contribution in [0.5, 0.6) is 0 Å². The van der Waals surface area contributed by atoms with Crippen molar-refractivity contribution in [2.75, 3.05) is 0 Å². The molecule has 2 aliphatic carbocycles.